The molecule has 0 amide bonds. The summed E-state index contributed by atoms with van der Waals surface area (Å²) in [5.74, 6) is 0.755. The molecular formula is C17H17N5. The molecule has 2 aromatic heterocycles. The van der Waals surface area contributed by atoms with E-state index in [1.165, 1.54) is 11.3 Å². The van der Waals surface area contributed by atoms with Crippen molar-refractivity contribution in [2.75, 3.05) is 6.54 Å². The molecule has 1 aromatic carbocycles. The van der Waals surface area contributed by atoms with Gasteiger partial charge in [-0.2, -0.15) is 0 Å². The maximum atomic E-state index is 4.53. The molecule has 22 heavy (non-hydrogen) atoms. The number of fused-ring (bicyclic) bond motifs is 1. The molecule has 0 saturated carbocycles. The minimum atomic E-state index is 0.0709. The van der Waals surface area contributed by atoms with Crippen molar-refractivity contribution in [1.29, 1.82) is 0 Å². The van der Waals surface area contributed by atoms with E-state index in [2.05, 4.69) is 44.3 Å². The average Bonchev–Trinajstić information content (AvgIpc) is 3.04. The van der Waals surface area contributed by atoms with Gasteiger partial charge in [0.2, 0.25) is 0 Å². The van der Waals surface area contributed by atoms with Crippen LogP contribution in [0.25, 0.3) is 11.4 Å². The zero-order chi connectivity index (χ0) is 14.9. The Labute approximate surface area is 128 Å². The van der Waals surface area contributed by atoms with Gasteiger partial charge in [-0.15, -0.1) is 0 Å². The van der Waals surface area contributed by atoms with E-state index in [4.69, 9.17) is 0 Å². The van der Waals surface area contributed by atoms with Gasteiger partial charge in [-0.3, -0.25) is 0 Å². The molecule has 3 heterocycles. The fourth-order valence-electron chi connectivity index (χ4n) is 2.91. The number of hydrogen-bond acceptors (Lipinski definition) is 4. The van der Waals surface area contributed by atoms with Crippen LogP contribution in [0.15, 0.2) is 43.0 Å². The summed E-state index contributed by atoms with van der Waals surface area (Å²) in [6, 6.07) is 8.30. The molecule has 5 heteroatoms. The standard InChI is InChI=1S/C17H17N5/c1-11-3-2-4-12(7-11)17-19-8-13(9-20-17)15-16-14(5-6-18-15)21-10-22-16/h2-4,7-10,15,18H,5-6H2,1H3,(H,21,22). The molecule has 2 N–H and O–H groups in total. The highest BCUT2D eigenvalue weighted by Crippen LogP contribution is 2.26. The van der Waals surface area contributed by atoms with E-state index in [0.29, 0.717) is 0 Å². The fraction of sp³-hybridized carbons (Fsp3) is 0.235. The van der Waals surface area contributed by atoms with Crippen LogP contribution in [0.4, 0.5) is 0 Å². The van der Waals surface area contributed by atoms with Crippen LogP contribution in [0.2, 0.25) is 0 Å². The summed E-state index contributed by atoms with van der Waals surface area (Å²) in [5.41, 5.74) is 5.55. The quantitative estimate of drug-likeness (QED) is 0.761. The number of aromatic amines is 1. The first-order valence-corrected chi connectivity index (χ1v) is 7.46. The Morgan fingerprint density at radius 1 is 1.14 bits per heavy atom. The minimum absolute atomic E-state index is 0.0709. The van der Waals surface area contributed by atoms with Crippen molar-refractivity contribution >= 4 is 0 Å². The number of H-pyrrole nitrogens is 1. The molecule has 0 saturated heterocycles. The summed E-state index contributed by atoms with van der Waals surface area (Å²) in [4.78, 5) is 16.7. The van der Waals surface area contributed by atoms with Crippen LogP contribution in [0, 0.1) is 6.92 Å². The monoisotopic (exact) mass is 291 g/mol. The maximum Gasteiger partial charge on any atom is 0.159 e. The molecule has 1 atom stereocenters. The van der Waals surface area contributed by atoms with Gasteiger partial charge in [0.1, 0.15) is 0 Å². The number of nitrogens with one attached hydrogen (secondary N) is 2. The van der Waals surface area contributed by atoms with Gasteiger partial charge in [-0.05, 0) is 13.0 Å². The SMILES string of the molecule is Cc1cccc(-c2ncc(C3NCCc4[nH]cnc43)cn2)c1. The summed E-state index contributed by atoms with van der Waals surface area (Å²) in [6.45, 7) is 3.00. The van der Waals surface area contributed by atoms with E-state index >= 15 is 0 Å². The number of benzene rings is 1. The van der Waals surface area contributed by atoms with Crippen molar-refractivity contribution < 1.29 is 0 Å². The fourth-order valence-corrected chi connectivity index (χ4v) is 2.91. The molecule has 5 nitrogen and oxygen atoms in total. The zero-order valence-corrected chi connectivity index (χ0v) is 12.4. The summed E-state index contributed by atoms with van der Waals surface area (Å²) < 4.78 is 0. The number of aryl methyl sites for hydroxylation is 1. The lowest BCUT2D eigenvalue weighted by molar-refractivity contribution is 0.551. The number of nitrogens with zero attached hydrogens (tertiary/aromatic N) is 3. The van der Waals surface area contributed by atoms with Gasteiger partial charge in [0.05, 0.1) is 18.1 Å². The van der Waals surface area contributed by atoms with E-state index in [1.807, 2.05) is 24.5 Å². The lowest BCUT2D eigenvalue weighted by Crippen LogP contribution is -2.30. The van der Waals surface area contributed by atoms with Gasteiger partial charge in [0.25, 0.3) is 0 Å². The highest BCUT2D eigenvalue weighted by atomic mass is 15.0. The molecule has 3 aromatic rings. The zero-order valence-electron chi connectivity index (χ0n) is 12.4. The third kappa shape index (κ3) is 2.29. The van der Waals surface area contributed by atoms with Crippen LogP contribution < -0.4 is 5.32 Å². The Kier molecular flexibility index (Phi) is 3.20. The van der Waals surface area contributed by atoms with Crippen molar-refractivity contribution in [2.45, 2.75) is 19.4 Å². The predicted octanol–water partition coefficient (Wildman–Crippen LogP) is 2.41. The molecule has 1 unspecified atom stereocenters. The van der Waals surface area contributed by atoms with Crippen molar-refractivity contribution in [3.05, 3.63) is 65.5 Å². The van der Waals surface area contributed by atoms with Crippen LogP contribution in [-0.2, 0) is 6.42 Å². The lowest BCUT2D eigenvalue weighted by Gasteiger charge is -2.22. The number of imidazole rings is 1. The van der Waals surface area contributed by atoms with Crippen molar-refractivity contribution in [2.24, 2.45) is 0 Å². The van der Waals surface area contributed by atoms with Gasteiger partial charge in [0, 0.05) is 42.2 Å². The second-order valence-electron chi connectivity index (χ2n) is 5.61. The lowest BCUT2D eigenvalue weighted by atomic mass is 10.0. The maximum absolute atomic E-state index is 4.53. The second kappa shape index (κ2) is 5.35. The van der Waals surface area contributed by atoms with Crippen molar-refractivity contribution in [3.8, 4) is 11.4 Å². The topological polar surface area (TPSA) is 66.5 Å². The Morgan fingerprint density at radius 3 is 2.82 bits per heavy atom. The van der Waals surface area contributed by atoms with Gasteiger partial charge < -0.3 is 10.3 Å². The Hall–Kier alpha value is -2.53. The van der Waals surface area contributed by atoms with E-state index in [-0.39, 0.29) is 6.04 Å². The summed E-state index contributed by atoms with van der Waals surface area (Å²) >= 11 is 0. The highest BCUT2D eigenvalue weighted by Gasteiger charge is 2.24. The van der Waals surface area contributed by atoms with Crippen molar-refractivity contribution in [3.63, 3.8) is 0 Å². The number of aromatic nitrogens is 4. The summed E-state index contributed by atoms with van der Waals surface area (Å²) in [7, 11) is 0. The van der Waals surface area contributed by atoms with E-state index in [0.717, 1.165) is 35.6 Å². The molecule has 1 aliphatic heterocycles. The smallest absolute Gasteiger partial charge is 0.159 e. The Balaban J connectivity index is 1.66. The predicted molar refractivity (Wildman–Crippen MR) is 84.3 cm³/mol. The molecule has 0 spiro atoms. The number of hydrogen-bond donors (Lipinski definition) is 2. The van der Waals surface area contributed by atoms with E-state index < -0.39 is 0 Å². The third-order valence-electron chi connectivity index (χ3n) is 4.03. The largest absolute Gasteiger partial charge is 0.348 e. The van der Waals surface area contributed by atoms with E-state index in [1.54, 1.807) is 6.33 Å². The molecule has 0 radical (unpaired) electrons. The van der Waals surface area contributed by atoms with Gasteiger partial charge >= 0.3 is 0 Å². The van der Waals surface area contributed by atoms with Crippen LogP contribution in [0.5, 0.6) is 0 Å². The van der Waals surface area contributed by atoms with Crippen LogP contribution >= 0.6 is 0 Å². The third-order valence-corrected chi connectivity index (χ3v) is 4.03. The van der Waals surface area contributed by atoms with Gasteiger partial charge in [-0.1, -0.05) is 23.8 Å². The van der Waals surface area contributed by atoms with E-state index in [9.17, 15) is 0 Å². The molecule has 110 valence electrons. The van der Waals surface area contributed by atoms with Crippen molar-refractivity contribution in [1.82, 2.24) is 25.3 Å². The highest BCUT2D eigenvalue weighted by molar-refractivity contribution is 5.55. The molecule has 1 aliphatic rings. The van der Waals surface area contributed by atoms with Gasteiger partial charge in [-0.25, -0.2) is 15.0 Å². The Bertz CT molecular complexity index is 791. The summed E-state index contributed by atoms with van der Waals surface area (Å²) in [5, 5.41) is 3.48. The Morgan fingerprint density at radius 2 is 2.00 bits per heavy atom. The molecule has 4 rings (SSSR count). The van der Waals surface area contributed by atoms with Gasteiger partial charge in [0.15, 0.2) is 5.82 Å². The minimum Gasteiger partial charge on any atom is -0.348 e. The second-order valence-corrected chi connectivity index (χ2v) is 5.61. The first-order valence-electron chi connectivity index (χ1n) is 7.46. The number of rotatable bonds is 2. The molecule has 0 bridgehead atoms. The normalized spacial score (nSPS) is 17.2. The summed E-state index contributed by atoms with van der Waals surface area (Å²) in [6.07, 6.45) is 6.53. The van der Waals surface area contributed by atoms with Crippen LogP contribution in [-0.4, -0.2) is 26.5 Å². The first kappa shape index (κ1) is 13.2. The average molecular weight is 291 g/mol. The molecular weight excluding hydrogens is 274 g/mol. The van der Waals surface area contributed by atoms with Crippen LogP contribution in [0.3, 0.4) is 0 Å². The first-order chi connectivity index (χ1) is 10.8. The van der Waals surface area contributed by atoms with Crippen LogP contribution in [0.1, 0.15) is 28.6 Å². The molecule has 0 aliphatic carbocycles. The molecule has 0 fully saturated rings.